The number of nitrogen functional groups attached to an aromatic ring is 1. The van der Waals surface area contributed by atoms with E-state index in [2.05, 4.69) is 9.97 Å². The lowest BCUT2D eigenvalue weighted by Gasteiger charge is -2.08. The summed E-state index contributed by atoms with van der Waals surface area (Å²) >= 11 is 6.13. The predicted octanol–water partition coefficient (Wildman–Crippen LogP) is 4.10. The Hall–Kier alpha value is -2.66. The van der Waals surface area contributed by atoms with E-state index in [-0.39, 0.29) is 12.4 Å². The number of benzene rings is 1. The van der Waals surface area contributed by atoms with Gasteiger partial charge in [0, 0.05) is 17.8 Å². The number of nitrogens with zero attached hydrogens (tertiary/aromatic N) is 2. The van der Waals surface area contributed by atoms with Gasteiger partial charge in [-0.3, -0.25) is 0 Å². The van der Waals surface area contributed by atoms with E-state index in [1.165, 1.54) is 18.3 Å². The molecule has 2 aromatic heterocycles. The fraction of sp³-hybridized carbons (Fsp3) is 0.0588. The first-order valence-electron chi connectivity index (χ1n) is 6.87. The average molecular weight is 330 g/mol. The largest absolute Gasteiger partial charge is 0.473 e. The minimum absolute atomic E-state index is 0.223. The van der Waals surface area contributed by atoms with Crippen molar-refractivity contribution >= 4 is 17.4 Å². The highest BCUT2D eigenvalue weighted by Gasteiger charge is 2.08. The zero-order valence-corrected chi connectivity index (χ0v) is 12.8. The number of hydrogen-bond acceptors (Lipinski definition) is 4. The van der Waals surface area contributed by atoms with Gasteiger partial charge in [-0.2, -0.15) is 0 Å². The molecule has 116 valence electrons. The summed E-state index contributed by atoms with van der Waals surface area (Å²) in [6.45, 7) is 0.223. The molecule has 0 bridgehead atoms. The molecule has 2 heterocycles. The SMILES string of the molecule is Nc1cc(-c2cccc(OCc3cccc(F)c3)n2)c(Cl)cn1. The van der Waals surface area contributed by atoms with Gasteiger partial charge in [-0.05, 0) is 29.8 Å². The van der Waals surface area contributed by atoms with Crippen LogP contribution in [0.4, 0.5) is 10.2 Å². The van der Waals surface area contributed by atoms with Gasteiger partial charge >= 0.3 is 0 Å². The molecular formula is C17H13ClFN3O. The first kappa shape index (κ1) is 15.2. The fourth-order valence-electron chi connectivity index (χ4n) is 2.08. The number of halogens is 2. The molecule has 3 rings (SSSR count). The molecule has 23 heavy (non-hydrogen) atoms. The van der Waals surface area contributed by atoms with Gasteiger partial charge in [-0.25, -0.2) is 14.4 Å². The van der Waals surface area contributed by atoms with Crippen LogP contribution in [-0.2, 0) is 6.61 Å². The second-order valence-corrected chi connectivity index (χ2v) is 5.28. The number of ether oxygens (including phenoxy) is 1. The molecule has 3 aromatic rings. The smallest absolute Gasteiger partial charge is 0.214 e. The Morgan fingerprint density at radius 1 is 1.13 bits per heavy atom. The summed E-state index contributed by atoms with van der Waals surface area (Å²) < 4.78 is 18.8. The second kappa shape index (κ2) is 6.62. The van der Waals surface area contributed by atoms with Gasteiger partial charge in [0.05, 0.1) is 10.7 Å². The van der Waals surface area contributed by atoms with Crippen LogP contribution >= 0.6 is 11.6 Å². The van der Waals surface area contributed by atoms with E-state index >= 15 is 0 Å². The van der Waals surface area contributed by atoms with Crippen LogP contribution in [0.2, 0.25) is 5.02 Å². The summed E-state index contributed by atoms with van der Waals surface area (Å²) in [7, 11) is 0. The van der Waals surface area contributed by atoms with E-state index in [0.717, 1.165) is 5.56 Å². The van der Waals surface area contributed by atoms with Gasteiger partial charge in [-0.1, -0.05) is 29.8 Å². The summed E-state index contributed by atoms with van der Waals surface area (Å²) in [6, 6.07) is 13.2. The molecule has 0 saturated heterocycles. The van der Waals surface area contributed by atoms with Crippen LogP contribution in [0.1, 0.15) is 5.56 Å². The van der Waals surface area contributed by atoms with Crippen LogP contribution in [0.5, 0.6) is 5.88 Å². The molecule has 0 aliphatic carbocycles. The van der Waals surface area contributed by atoms with Gasteiger partial charge in [0.2, 0.25) is 5.88 Å². The minimum atomic E-state index is -0.299. The van der Waals surface area contributed by atoms with E-state index in [4.69, 9.17) is 22.1 Å². The summed E-state index contributed by atoms with van der Waals surface area (Å²) in [4.78, 5) is 8.32. The van der Waals surface area contributed by atoms with E-state index in [9.17, 15) is 4.39 Å². The summed E-state index contributed by atoms with van der Waals surface area (Å²) in [6.07, 6.45) is 1.48. The highest BCUT2D eigenvalue weighted by atomic mass is 35.5. The van der Waals surface area contributed by atoms with Crippen molar-refractivity contribution in [1.29, 1.82) is 0 Å². The van der Waals surface area contributed by atoms with Crippen LogP contribution in [0.15, 0.2) is 54.7 Å². The van der Waals surface area contributed by atoms with E-state index < -0.39 is 0 Å². The monoisotopic (exact) mass is 329 g/mol. The van der Waals surface area contributed by atoms with E-state index in [1.54, 1.807) is 36.4 Å². The third-order valence-corrected chi connectivity index (χ3v) is 3.45. The Balaban J connectivity index is 1.81. The highest BCUT2D eigenvalue weighted by molar-refractivity contribution is 6.33. The standard InChI is InChI=1S/C17H13ClFN3O/c18-14-9-21-16(20)8-13(14)15-5-2-6-17(22-15)23-10-11-3-1-4-12(19)7-11/h1-9H,10H2,(H2,20,21). The maximum Gasteiger partial charge on any atom is 0.214 e. The van der Waals surface area contributed by atoms with Gasteiger partial charge in [0.25, 0.3) is 0 Å². The maximum atomic E-state index is 13.2. The molecule has 0 aliphatic heterocycles. The van der Waals surface area contributed by atoms with Gasteiger partial charge in [0.1, 0.15) is 18.2 Å². The van der Waals surface area contributed by atoms with Crippen molar-refractivity contribution in [2.75, 3.05) is 5.73 Å². The second-order valence-electron chi connectivity index (χ2n) is 4.87. The maximum absolute atomic E-state index is 13.2. The van der Waals surface area contributed by atoms with Crippen LogP contribution in [-0.4, -0.2) is 9.97 Å². The zero-order chi connectivity index (χ0) is 16.2. The molecule has 0 aliphatic rings. The minimum Gasteiger partial charge on any atom is -0.473 e. The van der Waals surface area contributed by atoms with Crippen LogP contribution in [0, 0.1) is 5.82 Å². The molecule has 0 atom stereocenters. The molecule has 0 amide bonds. The Bertz CT molecular complexity index is 842. The van der Waals surface area contributed by atoms with Gasteiger partial charge < -0.3 is 10.5 Å². The fourth-order valence-corrected chi connectivity index (χ4v) is 2.28. The van der Waals surface area contributed by atoms with Crippen LogP contribution < -0.4 is 10.5 Å². The Morgan fingerprint density at radius 3 is 2.78 bits per heavy atom. The molecule has 4 nitrogen and oxygen atoms in total. The van der Waals surface area contributed by atoms with Crippen molar-refractivity contribution in [3.8, 4) is 17.1 Å². The molecule has 0 unspecified atom stereocenters. The predicted molar refractivity (Wildman–Crippen MR) is 87.6 cm³/mol. The Labute approximate surface area is 137 Å². The Morgan fingerprint density at radius 2 is 1.96 bits per heavy atom. The molecule has 6 heteroatoms. The lowest BCUT2D eigenvalue weighted by molar-refractivity contribution is 0.293. The van der Waals surface area contributed by atoms with E-state index in [0.29, 0.717) is 28.0 Å². The number of pyridine rings is 2. The normalized spacial score (nSPS) is 10.5. The number of hydrogen-bond donors (Lipinski definition) is 1. The van der Waals surface area contributed by atoms with Crippen molar-refractivity contribution in [1.82, 2.24) is 9.97 Å². The molecule has 1 aromatic carbocycles. The Kier molecular flexibility index (Phi) is 4.39. The topological polar surface area (TPSA) is 61.0 Å². The highest BCUT2D eigenvalue weighted by Crippen LogP contribution is 2.28. The lowest BCUT2D eigenvalue weighted by Crippen LogP contribution is -1.99. The first-order valence-corrected chi connectivity index (χ1v) is 7.25. The molecule has 0 fully saturated rings. The molecule has 0 radical (unpaired) electrons. The number of rotatable bonds is 4. The summed E-state index contributed by atoms with van der Waals surface area (Å²) in [5, 5.41) is 0.453. The lowest BCUT2D eigenvalue weighted by atomic mass is 10.2. The molecule has 2 N–H and O–H groups in total. The van der Waals surface area contributed by atoms with Crippen LogP contribution in [0.25, 0.3) is 11.3 Å². The zero-order valence-electron chi connectivity index (χ0n) is 12.0. The molecular weight excluding hydrogens is 317 g/mol. The first-order chi connectivity index (χ1) is 11.1. The van der Waals surface area contributed by atoms with Crippen molar-refractivity contribution in [3.05, 3.63) is 71.1 Å². The van der Waals surface area contributed by atoms with Crippen molar-refractivity contribution in [2.24, 2.45) is 0 Å². The average Bonchev–Trinajstić information content (AvgIpc) is 2.55. The summed E-state index contributed by atoms with van der Waals surface area (Å²) in [5.74, 6) is 0.474. The molecule has 0 saturated carbocycles. The number of aromatic nitrogens is 2. The third kappa shape index (κ3) is 3.76. The van der Waals surface area contributed by atoms with E-state index in [1.807, 2.05) is 0 Å². The summed E-state index contributed by atoms with van der Waals surface area (Å²) in [5.41, 5.74) is 7.71. The molecule has 0 spiro atoms. The number of nitrogens with two attached hydrogens (primary N) is 1. The van der Waals surface area contributed by atoms with Gasteiger partial charge in [-0.15, -0.1) is 0 Å². The van der Waals surface area contributed by atoms with Crippen molar-refractivity contribution in [2.45, 2.75) is 6.61 Å². The number of anilines is 1. The quantitative estimate of drug-likeness (QED) is 0.783. The third-order valence-electron chi connectivity index (χ3n) is 3.15. The van der Waals surface area contributed by atoms with Crippen molar-refractivity contribution < 1.29 is 9.13 Å². The van der Waals surface area contributed by atoms with Gasteiger partial charge in [0.15, 0.2) is 0 Å². The van der Waals surface area contributed by atoms with Crippen LogP contribution in [0.3, 0.4) is 0 Å². The van der Waals surface area contributed by atoms with Crippen molar-refractivity contribution in [3.63, 3.8) is 0 Å².